The fourth-order valence-corrected chi connectivity index (χ4v) is 4.00. The zero-order valence-corrected chi connectivity index (χ0v) is 17.4. The first kappa shape index (κ1) is 19.7. The topological polar surface area (TPSA) is 81.1 Å². The number of rotatable bonds is 8. The van der Waals surface area contributed by atoms with Crippen LogP contribution in [-0.2, 0) is 25.8 Å². The maximum atomic E-state index is 6.05. The minimum Gasteiger partial charge on any atom is -0.370 e. The Balaban J connectivity index is 1.51. The van der Waals surface area contributed by atoms with Gasteiger partial charge in [-0.25, -0.2) is 0 Å². The van der Waals surface area contributed by atoms with E-state index in [1.165, 1.54) is 24.0 Å². The van der Waals surface area contributed by atoms with Crippen molar-refractivity contribution in [2.45, 2.75) is 57.7 Å². The molecule has 1 aliphatic carbocycles. The predicted octanol–water partition coefficient (Wildman–Crippen LogP) is 3.50. The Labute approximate surface area is 166 Å². The van der Waals surface area contributed by atoms with E-state index in [2.05, 4.69) is 57.1 Å². The van der Waals surface area contributed by atoms with E-state index in [0.717, 1.165) is 42.5 Å². The Morgan fingerprint density at radius 3 is 2.89 bits per heavy atom. The summed E-state index contributed by atoms with van der Waals surface area (Å²) in [5.74, 6) is 2.07. The molecule has 0 radical (unpaired) electrons. The molecule has 1 aliphatic rings. The fourth-order valence-electron chi connectivity index (χ4n) is 3.48. The first-order valence-corrected chi connectivity index (χ1v) is 10.9. The van der Waals surface area contributed by atoms with E-state index >= 15 is 0 Å². The Kier molecular flexibility index (Phi) is 6.77. The largest absolute Gasteiger partial charge is 0.370 e. The lowest BCUT2D eigenvalue weighted by atomic mass is 10.1. The third-order valence-electron chi connectivity index (χ3n) is 4.74. The Hall–Kier alpha value is -2.02. The SMILES string of the molecule is CSc1nnc(CCCN=C(N)Nc2ccc3c(c2)CCC3)n1CC(C)C. The summed E-state index contributed by atoms with van der Waals surface area (Å²) >= 11 is 1.64. The highest BCUT2D eigenvalue weighted by atomic mass is 32.2. The number of anilines is 1. The molecule has 0 saturated heterocycles. The van der Waals surface area contributed by atoms with Crippen LogP contribution in [0.15, 0.2) is 28.3 Å². The van der Waals surface area contributed by atoms with Crippen molar-refractivity contribution in [2.24, 2.45) is 16.6 Å². The van der Waals surface area contributed by atoms with Crippen LogP contribution in [0.5, 0.6) is 0 Å². The third kappa shape index (κ3) is 5.25. The van der Waals surface area contributed by atoms with Crippen molar-refractivity contribution in [1.82, 2.24) is 14.8 Å². The summed E-state index contributed by atoms with van der Waals surface area (Å²) < 4.78 is 2.23. The number of hydrogen-bond acceptors (Lipinski definition) is 4. The van der Waals surface area contributed by atoms with E-state index in [1.807, 2.05) is 6.26 Å². The molecule has 146 valence electrons. The van der Waals surface area contributed by atoms with Gasteiger partial charge in [0.15, 0.2) is 11.1 Å². The lowest BCUT2D eigenvalue weighted by molar-refractivity contribution is 0.477. The zero-order chi connectivity index (χ0) is 19.2. The number of thioether (sulfide) groups is 1. The summed E-state index contributed by atoms with van der Waals surface area (Å²) in [4.78, 5) is 4.47. The lowest BCUT2D eigenvalue weighted by Gasteiger charge is -2.11. The minimum absolute atomic E-state index is 0.474. The van der Waals surface area contributed by atoms with Crippen LogP contribution in [0.2, 0.25) is 0 Å². The monoisotopic (exact) mass is 386 g/mol. The second-order valence-electron chi connectivity index (χ2n) is 7.44. The molecular weight excluding hydrogens is 356 g/mol. The van der Waals surface area contributed by atoms with Crippen LogP contribution < -0.4 is 11.1 Å². The molecule has 6 nitrogen and oxygen atoms in total. The summed E-state index contributed by atoms with van der Waals surface area (Å²) in [5, 5.41) is 12.8. The van der Waals surface area contributed by atoms with Crippen LogP contribution in [0.1, 0.15) is 43.6 Å². The molecule has 27 heavy (non-hydrogen) atoms. The Morgan fingerprint density at radius 2 is 2.11 bits per heavy atom. The summed E-state index contributed by atoms with van der Waals surface area (Å²) in [6.07, 6.45) is 7.41. The van der Waals surface area contributed by atoms with Crippen molar-refractivity contribution in [3.8, 4) is 0 Å². The molecular formula is C20H30N6S. The molecule has 3 rings (SSSR count). The summed E-state index contributed by atoms with van der Waals surface area (Å²) in [7, 11) is 0. The molecule has 0 atom stereocenters. The molecule has 0 spiro atoms. The molecule has 2 aromatic rings. The minimum atomic E-state index is 0.474. The van der Waals surface area contributed by atoms with Gasteiger partial charge < -0.3 is 15.6 Å². The number of aromatic nitrogens is 3. The molecule has 0 fully saturated rings. The molecule has 0 saturated carbocycles. The molecule has 1 aromatic heterocycles. The molecule has 1 aromatic carbocycles. The highest BCUT2D eigenvalue weighted by molar-refractivity contribution is 7.98. The summed E-state index contributed by atoms with van der Waals surface area (Å²) in [5.41, 5.74) is 9.98. The summed E-state index contributed by atoms with van der Waals surface area (Å²) in [6, 6.07) is 6.48. The summed E-state index contributed by atoms with van der Waals surface area (Å²) in [6.45, 7) is 6.05. The first-order chi connectivity index (χ1) is 13.1. The molecule has 0 amide bonds. The number of aryl methyl sites for hydroxylation is 3. The van der Waals surface area contributed by atoms with Crippen LogP contribution in [0.25, 0.3) is 0 Å². The van der Waals surface area contributed by atoms with Gasteiger partial charge in [-0.05, 0) is 61.1 Å². The maximum Gasteiger partial charge on any atom is 0.193 e. The molecule has 0 unspecified atom stereocenters. The van der Waals surface area contributed by atoms with Crippen LogP contribution in [0.3, 0.4) is 0 Å². The number of fused-ring (bicyclic) bond motifs is 1. The van der Waals surface area contributed by atoms with Gasteiger partial charge in [0.05, 0.1) is 0 Å². The third-order valence-corrected chi connectivity index (χ3v) is 5.40. The van der Waals surface area contributed by atoms with Crippen LogP contribution in [-0.4, -0.2) is 33.5 Å². The van der Waals surface area contributed by atoms with Gasteiger partial charge in [0.1, 0.15) is 5.82 Å². The average molecular weight is 387 g/mol. The molecule has 0 bridgehead atoms. The molecule has 1 heterocycles. The molecule has 7 heteroatoms. The van der Waals surface area contributed by atoms with Crippen molar-refractivity contribution in [2.75, 3.05) is 18.1 Å². The Bertz CT molecular complexity index is 796. The van der Waals surface area contributed by atoms with Crippen molar-refractivity contribution in [3.63, 3.8) is 0 Å². The number of guanidine groups is 1. The van der Waals surface area contributed by atoms with Crippen LogP contribution >= 0.6 is 11.8 Å². The van der Waals surface area contributed by atoms with Gasteiger partial charge in [-0.15, -0.1) is 10.2 Å². The normalized spacial score (nSPS) is 14.0. The van der Waals surface area contributed by atoms with E-state index in [-0.39, 0.29) is 0 Å². The van der Waals surface area contributed by atoms with Crippen molar-refractivity contribution in [3.05, 3.63) is 35.2 Å². The second-order valence-corrected chi connectivity index (χ2v) is 8.21. The van der Waals surface area contributed by atoms with Gasteiger partial charge in [-0.2, -0.15) is 0 Å². The smallest absolute Gasteiger partial charge is 0.193 e. The van der Waals surface area contributed by atoms with E-state index in [0.29, 0.717) is 18.4 Å². The number of hydrogen-bond donors (Lipinski definition) is 2. The van der Waals surface area contributed by atoms with Crippen LogP contribution in [0, 0.1) is 5.92 Å². The average Bonchev–Trinajstić information content (AvgIpc) is 3.24. The van der Waals surface area contributed by atoms with Gasteiger partial charge in [0, 0.05) is 25.2 Å². The number of benzene rings is 1. The van der Waals surface area contributed by atoms with Gasteiger partial charge in [0.25, 0.3) is 0 Å². The van der Waals surface area contributed by atoms with Gasteiger partial charge in [-0.3, -0.25) is 4.99 Å². The van der Waals surface area contributed by atoms with E-state index in [9.17, 15) is 0 Å². The Morgan fingerprint density at radius 1 is 1.30 bits per heavy atom. The standard InChI is InChI=1S/C20H30N6S/c1-14(2)13-26-18(24-25-20(26)27-3)8-5-11-22-19(21)23-17-10-9-15-6-4-7-16(15)12-17/h9-10,12,14H,4-8,11,13H2,1-3H3,(H3,21,22,23). The van der Waals surface area contributed by atoms with E-state index in [1.54, 1.807) is 11.8 Å². The molecule has 3 N–H and O–H groups in total. The van der Waals surface area contributed by atoms with Crippen molar-refractivity contribution >= 4 is 23.4 Å². The van der Waals surface area contributed by atoms with E-state index < -0.39 is 0 Å². The van der Waals surface area contributed by atoms with Crippen molar-refractivity contribution < 1.29 is 0 Å². The second kappa shape index (κ2) is 9.26. The number of aliphatic imine (C=N–C) groups is 1. The lowest BCUT2D eigenvalue weighted by Crippen LogP contribution is -2.23. The highest BCUT2D eigenvalue weighted by Gasteiger charge is 2.13. The number of nitrogens with one attached hydrogen (secondary N) is 1. The first-order valence-electron chi connectivity index (χ1n) is 9.71. The quantitative estimate of drug-likeness (QED) is 0.314. The number of nitrogens with two attached hydrogens (primary N) is 1. The van der Waals surface area contributed by atoms with Gasteiger partial charge in [-0.1, -0.05) is 31.7 Å². The predicted molar refractivity (Wildman–Crippen MR) is 114 cm³/mol. The zero-order valence-electron chi connectivity index (χ0n) is 16.5. The van der Waals surface area contributed by atoms with Crippen molar-refractivity contribution in [1.29, 1.82) is 0 Å². The van der Waals surface area contributed by atoms with Gasteiger partial charge >= 0.3 is 0 Å². The van der Waals surface area contributed by atoms with Crippen LogP contribution in [0.4, 0.5) is 5.69 Å². The highest BCUT2D eigenvalue weighted by Crippen LogP contribution is 2.24. The fraction of sp³-hybridized carbons (Fsp3) is 0.550. The molecule has 0 aliphatic heterocycles. The van der Waals surface area contributed by atoms with E-state index in [4.69, 9.17) is 5.73 Å². The van der Waals surface area contributed by atoms with Gasteiger partial charge in [0.2, 0.25) is 0 Å². The number of nitrogens with zero attached hydrogens (tertiary/aromatic N) is 4. The maximum absolute atomic E-state index is 6.05.